The molecule has 5 rings (SSSR count). The van der Waals surface area contributed by atoms with E-state index < -0.39 is 48.2 Å². The van der Waals surface area contributed by atoms with Crippen LogP contribution in [0.25, 0.3) is 5.69 Å². The van der Waals surface area contributed by atoms with Gasteiger partial charge in [0.15, 0.2) is 0 Å². The molecule has 9 nitrogen and oxygen atoms in total. The number of amides is 2. The molecular formula is C26H22F4N6O3. The number of benzene rings is 2. The Morgan fingerprint density at radius 3 is 2.33 bits per heavy atom. The van der Waals surface area contributed by atoms with Gasteiger partial charge in [-0.1, -0.05) is 30.3 Å². The summed E-state index contributed by atoms with van der Waals surface area (Å²) in [6.45, 7) is 1.35. The molecular weight excluding hydrogens is 520 g/mol. The fourth-order valence-electron chi connectivity index (χ4n) is 4.77. The average molecular weight is 542 g/mol. The Kier molecular flexibility index (Phi) is 6.68. The highest BCUT2D eigenvalue weighted by Gasteiger charge is 2.46. The maximum atomic E-state index is 13.9. The van der Waals surface area contributed by atoms with E-state index >= 15 is 0 Å². The molecule has 2 amide bonds. The number of likely N-dealkylation sites (N-methyl/N-ethyl adjacent to an activating group) is 1. The number of halogens is 4. The molecule has 2 aromatic carbocycles. The topological polar surface area (TPSA) is 105 Å². The lowest BCUT2D eigenvalue weighted by Gasteiger charge is -2.38. The molecule has 0 unspecified atom stereocenters. The molecule has 0 saturated carbocycles. The van der Waals surface area contributed by atoms with E-state index in [9.17, 15) is 32.3 Å². The van der Waals surface area contributed by atoms with Gasteiger partial charge >= 0.3 is 6.30 Å². The first-order valence-electron chi connectivity index (χ1n) is 11.9. The first-order valence-corrected chi connectivity index (χ1v) is 11.9. The number of fused-ring (bicyclic) bond motifs is 1. The molecule has 1 aliphatic heterocycles. The summed E-state index contributed by atoms with van der Waals surface area (Å²) < 4.78 is 54.1. The number of para-hydroxylation sites is 1. The fourth-order valence-corrected chi connectivity index (χ4v) is 4.77. The number of aliphatic hydroxyl groups is 1. The van der Waals surface area contributed by atoms with Gasteiger partial charge in [0.1, 0.15) is 23.4 Å². The van der Waals surface area contributed by atoms with Crippen LogP contribution in [-0.2, 0) is 17.7 Å². The van der Waals surface area contributed by atoms with Crippen LogP contribution in [0, 0.1) is 5.82 Å². The molecule has 202 valence electrons. The van der Waals surface area contributed by atoms with Crippen molar-refractivity contribution in [2.45, 2.75) is 31.8 Å². The van der Waals surface area contributed by atoms with Crippen molar-refractivity contribution in [2.75, 3.05) is 11.4 Å². The maximum Gasteiger partial charge on any atom is 0.504 e. The van der Waals surface area contributed by atoms with Crippen LogP contribution in [0.4, 0.5) is 23.4 Å². The van der Waals surface area contributed by atoms with Crippen LogP contribution in [0.15, 0.2) is 66.9 Å². The predicted molar refractivity (Wildman–Crippen MR) is 131 cm³/mol. The molecule has 39 heavy (non-hydrogen) atoms. The standard InChI is InChI=1S/C26H22F4N6O3/c1-2-34-24-21(19(14-37)33-36(24)17-6-4-3-5-7-17)20(15-8-10-16(27)11-9-15)22(25(34)39)31-23(38)18-12-13-35(32-18)26(28,29)30/h3-13,20,22,37H,2,14H2,1H3,(H,31,38)/t20-,22-/m0/s1. The number of aromatic nitrogens is 4. The van der Waals surface area contributed by atoms with Gasteiger partial charge in [-0.15, -0.1) is 13.2 Å². The van der Waals surface area contributed by atoms with E-state index in [1.165, 1.54) is 33.8 Å². The molecule has 0 radical (unpaired) electrons. The number of anilines is 1. The molecule has 0 saturated heterocycles. The number of aliphatic hydroxyl groups excluding tert-OH is 1. The van der Waals surface area contributed by atoms with E-state index in [0.29, 0.717) is 28.8 Å². The molecule has 3 heterocycles. The summed E-state index contributed by atoms with van der Waals surface area (Å²) in [5, 5.41) is 20.6. The first kappa shape index (κ1) is 26.1. The second-order valence-electron chi connectivity index (χ2n) is 8.77. The molecule has 0 aliphatic carbocycles. The van der Waals surface area contributed by atoms with Gasteiger partial charge in [-0.3, -0.25) is 14.5 Å². The minimum Gasteiger partial charge on any atom is -0.390 e. The lowest BCUT2D eigenvalue weighted by molar-refractivity contribution is -0.212. The maximum absolute atomic E-state index is 13.9. The van der Waals surface area contributed by atoms with Gasteiger partial charge in [0, 0.05) is 24.2 Å². The summed E-state index contributed by atoms with van der Waals surface area (Å²) in [5.41, 5.74) is 1.12. The van der Waals surface area contributed by atoms with Crippen molar-refractivity contribution in [3.8, 4) is 5.69 Å². The van der Waals surface area contributed by atoms with Gasteiger partial charge in [0.25, 0.3) is 11.8 Å². The Morgan fingerprint density at radius 1 is 1.05 bits per heavy atom. The number of nitrogens with zero attached hydrogens (tertiary/aromatic N) is 5. The van der Waals surface area contributed by atoms with Crippen LogP contribution in [-0.4, -0.2) is 49.1 Å². The van der Waals surface area contributed by atoms with Crippen molar-refractivity contribution in [3.63, 3.8) is 0 Å². The zero-order valence-corrected chi connectivity index (χ0v) is 20.4. The van der Waals surface area contributed by atoms with Crippen LogP contribution >= 0.6 is 0 Å². The van der Waals surface area contributed by atoms with E-state index in [-0.39, 0.29) is 16.9 Å². The largest absolute Gasteiger partial charge is 0.504 e. The smallest absolute Gasteiger partial charge is 0.390 e. The van der Waals surface area contributed by atoms with Gasteiger partial charge in [-0.2, -0.15) is 14.9 Å². The van der Waals surface area contributed by atoms with Gasteiger partial charge in [-0.05, 0) is 42.8 Å². The number of carbonyl (C=O) groups is 2. The number of carbonyl (C=O) groups excluding carboxylic acids is 2. The highest BCUT2D eigenvalue weighted by atomic mass is 19.4. The van der Waals surface area contributed by atoms with Crippen LogP contribution in [0.1, 0.15) is 40.2 Å². The Bertz CT molecular complexity index is 1510. The van der Waals surface area contributed by atoms with E-state index in [1.54, 1.807) is 31.2 Å². The van der Waals surface area contributed by atoms with Crippen molar-refractivity contribution >= 4 is 17.6 Å². The number of alkyl halides is 3. The molecule has 0 spiro atoms. The van der Waals surface area contributed by atoms with Gasteiger partial charge in [0.2, 0.25) is 0 Å². The normalized spacial score (nSPS) is 17.3. The van der Waals surface area contributed by atoms with E-state index in [0.717, 1.165) is 6.07 Å². The second-order valence-corrected chi connectivity index (χ2v) is 8.77. The summed E-state index contributed by atoms with van der Waals surface area (Å²) in [5.74, 6) is -2.70. The zero-order chi connectivity index (χ0) is 27.9. The van der Waals surface area contributed by atoms with E-state index in [1.807, 2.05) is 6.07 Å². The van der Waals surface area contributed by atoms with Gasteiger partial charge in [0.05, 0.1) is 18.0 Å². The molecule has 13 heteroatoms. The van der Waals surface area contributed by atoms with Crippen molar-refractivity contribution in [2.24, 2.45) is 0 Å². The molecule has 0 bridgehead atoms. The molecule has 2 aromatic heterocycles. The van der Waals surface area contributed by atoms with Crippen LogP contribution < -0.4 is 10.2 Å². The van der Waals surface area contributed by atoms with Gasteiger partial charge in [-0.25, -0.2) is 9.07 Å². The summed E-state index contributed by atoms with van der Waals surface area (Å²) in [4.78, 5) is 28.4. The van der Waals surface area contributed by atoms with Crippen molar-refractivity contribution in [1.82, 2.24) is 24.9 Å². The molecule has 1 aliphatic rings. The monoisotopic (exact) mass is 542 g/mol. The molecule has 2 N–H and O–H groups in total. The number of rotatable bonds is 6. The Labute approximate surface area is 219 Å². The quantitative estimate of drug-likeness (QED) is 0.363. The second kappa shape index (κ2) is 9.98. The molecule has 0 fully saturated rings. The summed E-state index contributed by atoms with van der Waals surface area (Å²) in [6.07, 6.45) is -4.23. The number of nitrogens with one attached hydrogen (secondary N) is 1. The lowest BCUT2D eigenvalue weighted by Crippen LogP contribution is -2.55. The van der Waals surface area contributed by atoms with Crippen LogP contribution in [0.2, 0.25) is 0 Å². The average Bonchev–Trinajstić information content (AvgIpc) is 3.57. The van der Waals surface area contributed by atoms with Gasteiger partial charge < -0.3 is 10.4 Å². The third-order valence-corrected chi connectivity index (χ3v) is 6.47. The van der Waals surface area contributed by atoms with Crippen LogP contribution in [0.3, 0.4) is 0 Å². The first-order chi connectivity index (χ1) is 18.6. The Morgan fingerprint density at radius 2 is 1.74 bits per heavy atom. The van der Waals surface area contributed by atoms with E-state index in [2.05, 4.69) is 15.5 Å². The Balaban J connectivity index is 1.67. The summed E-state index contributed by atoms with van der Waals surface area (Å²) >= 11 is 0. The zero-order valence-electron chi connectivity index (χ0n) is 20.4. The van der Waals surface area contributed by atoms with Crippen LogP contribution in [0.5, 0.6) is 0 Å². The highest BCUT2D eigenvalue weighted by Crippen LogP contribution is 2.43. The third-order valence-electron chi connectivity index (χ3n) is 6.47. The summed E-state index contributed by atoms with van der Waals surface area (Å²) in [6, 6.07) is 13.7. The Hall–Kier alpha value is -4.52. The number of hydrogen-bond donors (Lipinski definition) is 2. The SMILES string of the molecule is CCN1C(=O)[C@@H](NC(=O)c2ccn(C(F)(F)F)n2)[C@@H](c2ccc(F)cc2)c2c(CO)nn(-c3ccccc3)c21. The summed E-state index contributed by atoms with van der Waals surface area (Å²) in [7, 11) is 0. The number of hydrogen-bond acceptors (Lipinski definition) is 5. The van der Waals surface area contributed by atoms with E-state index in [4.69, 9.17) is 0 Å². The fraction of sp³-hybridized carbons (Fsp3) is 0.231. The third kappa shape index (κ3) is 4.65. The minimum atomic E-state index is -4.83. The molecule has 4 aromatic rings. The predicted octanol–water partition coefficient (Wildman–Crippen LogP) is 3.47. The minimum absolute atomic E-state index is 0.153. The lowest BCUT2D eigenvalue weighted by atomic mass is 9.81. The van der Waals surface area contributed by atoms with Crippen molar-refractivity contribution in [1.29, 1.82) is 0 Å². The van der Waals surface area contributed by atoms with Crippen molar-refractivity contribution < 1.29 is 32.3 Å². The molecule has 2 atom stereocenters. The van der Waals surface area contributed by atoms with Crippen molar-refractivity contribution in [3.05, 3.63) is 95.2 Å². The highest BCUT2D eigenvalue weighted by molar-refractivity contribution is 6.05.